The summed E-state index contributed by atoms with van der Waals surface area (Å²) in [4.78, 5) is 11.8. The molecule has 0 aliphatic rings. The molecule has 0 radical (unpaired) electrons. The minimum atomic E-state index is -0.190. The van der Waals surface area contributed by atoms with Gasteiger partial charge in [0.05, 0.1) is 6.61 Å². The van der Waals surface area contributed by atoms with E-state index in [1.54, 1.807) is 24.3 Å². The zero-order valence-electron chi connectivity index (χ0n) is 12.7. The maximum Gasteiger partial charge on any atom is 0.244 e. The average Bonchev–Trinajstić information content (AvgIpc) is 2.54. The number of carbonyl (C=O) groups excluding carboxylic acids is 1. The second-order valence-electron chi connectivity index (χ2n) is 4.79. The van der Waals surface area contributed by atoms with Crippen molar-refractivity contribution in [2.24, 2.45) is 0 Å². The van der Waals surface area contributed by atoms with Crippen LogP contribution in [0.1, 0.15) is 18.1 Å². The van der Waals surface area contributed by atoms with Gasteiger partial charge in [0.2, 0.25) is 5.91 Å². The van der Waals surface area contributed by atoms with Crippen LogP contribution in [0.15, 0.2) is 48.5 Å². The fourth-order valence-electron chi connectivity index (χ4n) is 1.92. The first-order valence-electron chi connectivity index (χ1n) is 7.21. The highest BCUT2D eigenvalue weighted by Gasteiger charge is 2.00. The fourth-order valence-corrected chi connectivity index (χ4v) is 2.39. The van der Waals surface area contributed by atoms with E-state index in [0.717, 1.165) is 16.9 Å². The zero-order valence-corrected chi connectivity index (χ0v) is 14.2. The lowest BCUT2D eigenvalue weighted by atomic mass is 10.2. The van der Waals surface area contributed by atoms with E-state index in [4.69, 9.17) is 27.9 Å². The predicted octanol–water partition coefficient (Wildman–Crippen LogP) is 4.72. The molecule has 1 amide bonds. The lowest BCUT2D eigenvalue weighted by Gasteiger charge is -2.05. The molecular formula is C18H17Cl2NO2. The first-order valence-corrected chi connectivity index (χ1v) is 7.97. The van der Waals surface area contributed by atoms with Crippen molar-refractivity contribution in [3.05, 3.63) is 69.7 Å². The van der Waals surface area contributed by atoms with Gasteiger partial charge in [0, 0.05) is 22.7 Å². The lowest BCUT2D eigenvalue weighted by molar-refractivity contribution is -0.116. The second-order valence-corrected chi connectivity index (χ2v) is 5.64. The molecule has 23 heavy (non-hydrogen) atoms. The van der Waals surface area contributed by atoms with Crippen molar-refractivity contribution in [2.75, 3.05) is 6.61 Å². The Morgan fingerprint density at radius 1 is 1.17 bits per heavy atom. The van der Waals surface area contributed by atoms with Crippen LogP contribution in [0.25, 0.3) is 6.08 Å². The van der Waals surface area contributed by atoms with Crippen LogP contribution in [0.3, 0.4) is 0 Å². The van der Waals surface area contributed by atoms with Crippen LogP contribution >= 0.6 is 23.2 Å². The van der Waals surface area contributed by atoms with Gasteiger partial charge in [-0.2, -0.15) is 0 Å². The van der Waals surface area contributed by atoms with Crippen LogP contribution in [-0.4, -0.2) is 12.5 Å². The van der Waals surface area contributed by atoms with E-state index >= 15 is 0 Å². The summed E-state index contributed by atoms with van der Waals surface area (Å²) in [5.41, 5.74) is 1.74. The van der Waals surface area contributed by atoms with Crippen LogP contribution in [0, 0.1) is 0 Å². The third-order valence-electron chi connectivity index (χ3n) is 3.08. The molecule has 5 heteroatoms. The summed E-state index contributed by atoms with van der Waals surface area (Å²) < 4.78 is 5.37. The van der Waals surface area contributed by atoms with Gasteiger partial charge < -0.3 is 10.1 Å². The van der Waals surface area contributed by atoms with Crippen molar-refractivity contribution in [3.63, 3.8) is 0 Å². The highest BCUT2D eigenvalue weighted by atomic mass is 35.5. The smallest absolute Gasteiger partial charge is 0.244 e. The Balaban J connectivity index is 1.88. The van der Waals surface area contributed by atoms with E-state index in [-0.39, 0.29) is 5.91 Å². The van der Waals surface area contributed by atoms with Gasteiger partial charge in [-0.25, -0.2) is 0 Å². The molecule has 0 atom stereocenters. The maximum absolute atomic E-state index is 11.8. The van der Waals surface area contributed by atoms with Crippen molar-refractivity contribution in [2.45, 2.75) is 13.5 Å². The molecule has 2 rings (SSSR count). The van der Waals surface area contributed by atoms with E-state index in [9.17, 15) is 4.79 Å². The van der Waals surface area contributed by atoms with Gasteiger partial charge in [0.1, 0.15) is 5.75 Å². The summed E-state index contributed by atoms with van der Waals surface area (Å²) >= 11 is 11.9. The molecule has 0 heterocycles. The number of hydrogen-bond acceptors (Lipinski definition) is 2. The molecule has 1 N–H and O–H groups in total. The molecular weight excluding hydrogens is 333 g/mol. The largest absolute Gasteiger partial charge is 0.494 e. The Morgan fingerprint density at radius 3 is 2.57 bits per heavy atom. The third-order valence-corrected chi connectivity index (χ3v) is 3.64. The third kappa shape index (κ3) is 5.62. The van der Waals surface area contributed by atoms with Gasteiger partial charge in [-0.05, 0) is 48.4 Å². The second kappa shape index (κ2) is 8.61. The van der Waals surface area contributed by atoms with Crippen molar-refractivity contribution >= 4 is 35.2 Å². The minimum Gasteiger partial charge on any atom is -0.494 e. The highest BCUT2D eigenvalue weighted by molar-refractivity contribution is 6.35. The Bertz CT molecular complexity index is 697. The molecule has 0 bridgehead atoms. The number of benzene rings is 2. The molecule has 2 aromatic carbocycles. The predicted molar refractivity (Wildman–Crippen MR) is 95.0 cm³/mol. The van der Waals surface area contributed by atoms with E-state index in [2.05, 4.69) is 5.32 Å². The summed E-state index contributed by atoms with van der Waals surface area (Å²) in [7, 11) is 0. The SMILES string of the molecule is CCOc1ccc(CNC(=O)/C=C/c2ccc(Cl)cc2Cl)cc1. The van der Waals surface area contributed by atoms with Gasteiger partial charge >= 0.3 is 0 Å². The van der Waals surface area contributed by atoms with Crippen LogP contribution in [-0.2, 0) is 11.3 Å². The first-order chi connectivity index (χ1) is 11.1. The van der Waals surface area contributed by atoms with Gasteiger partial charge in [-0.1, -0.05) is 41.4 Å². The van der Waals surface area contributed by atoms with Gasteiger partial charge in [0.25, 0.3) is 0 Å². The van der Waals surface area contributed by atoms with Gasteiger partial charge in [-0.15, -0.1) is 0 Å². The Kier molecular flexibility index (Phi) is 6.51. The monoisotopic (exact) mass is 349 g/mol. The molecule has 120 valence electrons. The topological polar surface area (TPSA) is 38.3 Å². The summed E-state index contributed by atoms with van der Waals surface area (Å²) in [5.74, 6) is 0.629. The van der Waals surface area contributed by atoms with Gasteiger partial charge in [0.15, 0.2) is 0 Å². The highest BCUT2D eigenvalue weighted by Crippen LogP contribution is 2.21. The molecule has 0 aliphatic carbocycles. The lowest BCUT2D eigenvalue weighted by Crippen LogP contribution is -2.20. The van der Waals surface area contributed by atoms with E-state index in [1.807, 2.05) is 31.2 Å². The van der Waals surface area contributed by atoms with E-state index < -0.39 is 0 Å². The Hall–Kier alpha value is -1.97. The van der Waals surface area contributed by atoms with Crippen LogP contribution in [0.4, 0.5) is 0 Å². The maximum atomic E-state index is 11.8. The standard InChI is InChI=1S/C18H17Cl2NO2/c1-2-23-16-8-3-13(4-9-16)12-21-18(22)10-6-14-5-7-15(19)11-17(14)20/h3-11H,2,12H2,1H3,(H,21,22)/b10-6+. The molecule has 0 unspecified atom stereocenters. The summed E-state index contributed by atoms with van der Waals surface area (Å²) in [6.07, 6.45) is 3.11. The number of carbonyl (C=O) groups is 1. The molecule has 0 saturated heterocycles. The van der Waals surface area contributed by atoms with Crippen LogP contribution in [0.2, 0.25) is 10.0 Å². The Morgan fingerprint density at radius 2 is 1.91 bits per heavy atom. The number of amides is 1. The number of nitrogens with one attached hydrogen (secondary N) is 1. The number of halogens is 2. The van der Waals surface area contributed by atoms with E-state index in [1.165, 1.54) is 6.08 Å². The van der Waals surface area contributed by atoms with Crippen LogP contribution in [0.5, 0.6) is 5.75 Å². The van der Waals surface area contributed by atoms with E-state index in [0.29, 0.717) is 23.2 Å². The molecule has 3 nitrogen and oxygen atoms in total. The number of rotatable bonds is 6. The molecule has 0 aromatic heterocycles. The first kappa shape index (κ1) is 17.4. The zero-order chi connectivity index (χ0) is 16.7. The average molecular weight is 350 g/mol. The normalized spacial score (nSPS) is 10.7. The van der Waals surface area contributed by atoms with Crippen molar-refractivity contribution in [1.29, 1.82) is 0 Å². The van der Waals surface area contributed by atoms with Gasteiger partial charge in [-0.3, -0.25) is 4.79 Å². The molecule has 0 spiro atoms. The summed E-state index contributed by atoms with van der Waals surface area (Å²) in [5, 5.41) is 3.89. The van der Waals surface area contributed by atoms with Crippen LogP contribution < -0.4 is 10.1 Å². The number of hydrogen-bond donors (Lipinski definition) is 1. The Labute approximate surface area is 145 Å². The fraction of sp³-hybridized carbons (Fsp3) is 0.167. The molecule has 0 aliphatic heterocycles. The summed E-state index contributed by atoms with van der Waals surface area (Å²) in [6, 6.07) is 12.7. The molecule has 0 saturated carbocycles. The van der Waals surface area contributed by atoms with Crippen molar-refractivity contribution in [3.8, 4) is 5.75 Å². The van der Waals surface area contributed by atoms with Crippen molar-refractivity contribution < 1.29 is 9.53 Å². The van der Waals surface area contributed by atoms with Crippen molar-refractivity contribution in [1.82, 2.24) is 5.32 Å². The minimum absolute atomic E-state index is 0.190. The molecule has 0 fully saturated rings. The number of ether oxygens (including phenoxy) is 1. The summed E-state index contributed by atoms with van der Waals surface area (Å²) in [6.45, 7) is 3.02. The molecule has 2 aromatic rings. The quantitative estimate of drug-likeness (QED) is 0.766.